The quantitative estimate of drug-likeness (QED) is 0.716. The molecule has 0 aromatic rings. The second-order valence-corrected chi connectivity index (χ2v) is 3.70. The predicted molar refractivity (Wildman–Crippen MR) is 51.2 cm³/mol. The molecule has 1 atom stereocenters. The number of ketones is 1. The predicted octanol–water partition coefficient (Wildman–Crippen LogP) is 1.38. The lowest BCUT2D eigenvalue weighted by molar-refractivity contribution is -0.123. The first-order valence-corrected chi connectivity index (χ1v) is 4.74. The molecule has 0 radical (unpaired) electrons. The smallest absolute Gasteiger partial charge is 0.216 e. The summed E-state index contributed by atoms with van der Waals surface area (Å²) in [6.45, 7) is 4.40. The van der Waals surface area contributed by atoms with Crippen LogP contribution in [0.1, 0.15) is 33.1 Å². The zero-order valence-electron chi connectivity index (χ0n) is 8.30. The topological polar surface area (TPSA) is 52.3 Å². The lowest BCUT2D eigenvalue weighted by atomic mass is 9.91. The second-order valence-electron chi connectivity index (χ2n) is 3.70. The van der Waals surface area contributed by atoms with Crippen molar-refractivity contribution in [1.82, 2.24) is 0 Å². The van der Waals surface area contributed by atoms with E-state index < -0.39 is 5.54 Å². The normalized spacial score (nSPS) is 20.4. The number of ether oxygens (including phenoxy) is 1. The first-order valence-electron chi connectivity index (χ1n) is 4.74. The molecule has 0 saturated carbocycles. The van der Waals surface area contributed by atoms with Crippen LogP contribution >= 0.6 is 0 Å². The van der Waals surface area contributed by atoms with Crippen LogP contribution in [0.25, 0.3) is 0 Å². The minimum atomic E-state index is -0.759. The number of Topliss-reactive ketones (excluding diaryl/α,β-unsaturated/α-hetero) is 1. The number of carbonyl (C=O) groups excluding carboxylic acids is 1. The van der Waals surface area contributed by atoms with Crippen molar-refractivity contribution in [3.05, 3.63) is 11.8 Å². The third-order valence-corrected chi connectivity index (χ3v) is 2.22. The number of hydrogen-bond donors (Lipinski definition) is 1. The Bertz CT molecular complexity index is 231. The molecule has 0 aliphatic carbocycles. The van der Waals surface area contributed by atoms with E-state index in [0.29, 0.717) is 18.8 Å². The zero-order chi connectivity index (χ0) is 9.90. The molecule has 1 aliphatic heterocycles. The standard InChI is InChI=1S/C10H17NO2/c1-3-6-10(2,11)9(12)8-5-4-7-13-8/h5H,3-4,6-7,11H2,1-2H3. The number of hydrogen-bond acceptors (Lipinski definition) is 3. The van der Waals surface area contributed by atoms with Crippen LogP contribution in [0.15, 0.2) is 11.8 Å². The van der Waals surface area contributed by atoms with Crippen molar-refractivity contribution in [2.24, 2.45) is 5.73 Å². The first kappa shape index (κ1) is 10.3. The summed E-state index contributed by atoms with van der Waals surface area (Å²) < 4.78 is 5.18. The van der Waals surface area contributed by atoms with Gasteiger partial charge in [0.05, 0.1) is 12.1 Å². The Labute approximate surface area is 78.9 Å². The van der Waals surface area contributed by atoms with Gasteiger partial charge in [0.2, 0.25) is 5.78 Å². The molecule has 0 aromatic carbocycles. The third kappa shape index (κ3) is 2.31. The molecule has 1 rings (SSSR count). The van der Waals surface area contributed by atoms with Crippen molar-refractivity contribution in [3.63, 3.8) is 0 Å². The van der Waals surface area contributed by atoms with E-state index in [2.05, 4.69) is 0 Å². The van der Waals surface area contributed by atoms with E-state index >= 15 is 0 Å². The van der Waals surface area contributed by atoms with Crippen molar-refractivity contribution in [2.75, 3.05) is 6.61 Å². The fourth-order valence-corrected chi connectivity index (χ4v) is 1.49. The van der Waals surface area contributed by atoms with E-state index in [1.54, 1.807) is 6.92 Å². The number of carbonyl (C=O) groups is 1. The molecule has 0 saturated heterocycles. The van der Waals surface area contributed by atoms with Crippen molar-refractivity contribution in [3.8, 4) is 0 Å². The van der Waals surface area contributed by atoms with Gasteiger partial charge in [-0.1, -0.05) is 13.3 Å². The fourth-order valence-electron chi connectivity index (χ4n) is 1.49. The summed E-state index contributed by atoms with van der Waals surface area (Å²) in [6.07, 6.45) is 4.25. The van der Waals surface area contributed by atoms with Crippen molar-refractivity contribution in [2.45, 2.75) is 38.6 Å². The Morgan fingerprint density at radius 3 is 2.92 bits per heavy atom. The summed E-state index contributed by atoms with van der Waals surface area (Å²) in [4.78, 5) is 11.7. The van der Waals surface area contributed by atoms with Gasteiger partial charge in [-0.2, -0.15) is 0 Å². The van der Waals surface area contributed by atoms with E-state index in [1.807, 2.05) is 13.0 Å². The van der Waals surface area contributed by atoms with Crippen LogP contribution in [0.4, 0.5) is 0 Å². The van der Waals surface area contributed by atoms with Crippen molar-refractivity contribution in [1.29, 1.82) is 0 Å². The maximum atomic E-state index is 11.7. The van der Waals surface area contributed by atoms with Crippen LogP contribution in [0, 0.1) is 0 Å². The summed E-state index contributed by atoms with van der Waals surface area (Å²) in [5, 5.41) is 0. The van der Waals surface area contributed by atoms with Gasteiger partial charge in [0.1, 0.15) is 0 Å². The lowest BCUT2D eigenvalue weighted by Gasteiger charge is -2.22. The minimum Gasteiger partial charge on any atom is -0.490 e. The van der Waals surface area contributed by atoms with Gasteiger partial charge >= 0.3 is 0 Å². The third-order valence-electron chi connectivity index (χ3n) is 2.22. The van der Waals surface area contributed by atoms with E-state index in [-0.39, 0.29) is 5.78 Å². The minimum absolute atomic E-state index is 0.0631. The molecule has 0 amide bonds. The van der Waals surface area contributed by atoms with Gasteiger partial charge in [-0.25, -0.2) is 0 Å². The van der Waals surface area contributed by atoms with Gasteiger partial charge in [-0.3, -0.25) is 4.79 Å². The van der Waals surface area contributed by atoms with E-state index in [1.165, 1.54) is 0 Å². The molecule has 74 valence electrons. The Morgan fingerprint density at radius 1 is 1.77 bits per heavy atom. The lowest BCUT2D eigenvalue weighted by Crippen LogP contribution is -2.45. The summed E-state index contributed by atoms with van der Waals surface area (Å²) in [6, 6.07) is 0. The molecular formula is C10H17NO2. The molecule has 2 N–H and O–H groups in total. The fraction of sp³-hybridized carbons (Fsp3) is 0.700. The summed E-state index contributed by atoms with van der Waals surface area (Å²) >= 11 is 0. The Morgan fingerprint density at radius 2 is 2.46 bits per heavy atom. The Balaban J connectivity index is 2.65. The molecule has 0 aromatic heterocycles. The van der Waals surface area contributed by atoms with Crippen LogP contribution in [0.5, 0.6) is 0 Å². The molecule has 3 heteroatoms. The first-order chi connectivity index (χ1) is 6.08. The highest BCUT2D eigenvalue weighted by atomic mass is 16.5. The molecular weight excluding hydrogens is 166 g/mol. The zero-order valence-corrected chi connectivity index (χ0v) is 8.30. The Kier molecular flexibility index (Phi) is 3.09. The molecule has 0 spiro atoms. The van der Waals surface area contributed by atoms with Gasteiger partial charge in [0.15, 0.2) is 5.76 Å². The highest BCUT2D eigenvalue weighted by Crippen LogP contribution is 2.19. The van der Waals surface area contributed by atoms with Gasteiger partial charge in [-0.15, -0.1) is 0 Å². The monoisotopic (exact) mass is 183 g/mol. The highest BCUT2D eigenvalue weighted by Gasteiger charge is 2.31. The van der Waals surface area contributed by atoms with E-state index in [9.17, 15) is 4.79 Å². The van der Waals surface area contributed by atoms with Crippen LogP contribution < -0.4 is 5.73 Å². The average molecular weight is 183 g/mol. The number of nitrogens with two attached hydrogens (primary N) is 1. The van der Waals surface area contributed by atoms with Crippen molar-refractivity contribution < 1.29 is 9.53 Å². The van der Waals surface area contributed by atoms with Gasteiger partial charge in [0.25, 0.3) is 0 Å². The van der Waals surface area contributed by atoms with Crippen molar-refractivity contribution >= 4 is 5.78 Å². The van der Waals surface area contributed by atoms with Crippen LogP contribution in [0.3, 0.4) is 0 Å². The molecule has 13 heavy (non-hydrogen) atoms. The van der Waals surface area contributed by atoms with Gasteiger partial charge in [0, 0.05) is 6.42 Å². The summed E-state index contributed by atoms with van der Waals surface area (Å²) in [5.41, 5.74) is 5.12. The van der Waals surface area contributed by atoms with Crippen LogP contribution in [-0.2, 0) is 9.53 Å². The average Bonchev–Trinajstić information content (AvgIpc) is 2.54. The second kappa shape index (κ2) is 3.92. The maximum Gasteiger partial charge on any atom is 0.216 e. The molecule has 1 heterocycles. The van der Waals surface area contributed by atoms with E-state index in [4.69, 9.17) is 10.5 Å². The SMILES string of the molecule is CCCC(C)(N)C(=O)C1=CCCO1. The molecule has 0 bridgehead atoms. The molecule has 1 unspecified atom stereocenters. The molecule has 0 fully saturated rings. The maximum absolute atomic E-state index is 11.7. The van der Waals surface area contributed by atoms with Gasteiger partial charge in [-0.05, 0) is 19.4 Å². The van der Waals surface area contributed by atoms with E-state index in [0.717, 1.165) is 12.8 Å². The highest BCUT2D eigenvalue weighted by molar-refractivity contribution is 6.00. The molecule has 3 nitrogen and oxygen atoms in total. The van der Waals surface area contributed by atoms with Crippen LogP contribution in [0.2, 0.25) is 0 Å². The largest absolute Gasteiger partial charge is 0.490 e. The van der Waals surface area contributed by atoms with Crippen LogP contribution in [-0.4, -0.2) is 17.9 Å². The summed E-state index contributed by atoms with van der Waals surface area (Å²) in [7, 11) is 0. The number of rotatable bonds is 4. The molecule has 1 aliphatic rings. The summed E-state index contributed by atoms with van der Waals surface area (Å²) in [5.74, 6) is 0.394. The Hall–Kier alpha value is -0.830. The van der Waals surface area contributed by atoms with Gasteiger partial charge < -0.3 is 10.5 Å².